The van der Waals surface area contributed by atoms with Crippen LogP contribution < -0.4 is 9.47 Å². The topological polar surface area (TPSA) is 51.3 Å². The lowest BCUT2D eigenvalue weighted by Crippen LogP contribution is -2.51. The maximum Gasteiger partial charge on any atom is 0.165 e. The van der Waals surface area contributed by atoms with Crippen LogP contribution in [0.1, 0.15) is 18.4 Å². The monoisotopic (exact) mass is 303 g/mol. The molecule has 3 aliphatic rings. The van der Waals surface area contributed by atoms with Crippen LogP contribution in [0.3, 0.4) is 0 Å². The Hall–Kier alpha value is -1.59. The molecule has 0 N–H and O–H groups in total. The highest BCUT2D eigenvalue weighted by Gasteiger charge is 2.68. The van der Waals surface area contributed by atoms with Gasteiger partial charge in [-0.3, -0.25) is 4.79 Å². The van der Waals surface area contributed by atoms with Crippen LogP contribution in [0.25, 0.3) is 0 Å². The highest BCUT2D eigenvalue weighted by molar-refractivity contribution is 5.89. The third-order valence-electron chi connectivity index (χ3n) is 5.64. The summed E-state index contributed by atoms with van der Waals surface area (Å²) in [7, 11) is 5.39. The summed E-state index contributed by atoms with van der Waals surface area (Å²) < 4.78 is 16.6. The predicted molar refractivity (Wildman–Crippen MR) is 80.5 cm³/mol. The van der Waals surface area contributed by atoms with Gasteiger partial charge < -0.3 is 19.1 Å². The van der Waals surface area contributed by atoms with E-state index < -0.39 is 0 Å². The summed E-state index contributed by atoms with van der Waals surface area (Å²) in [6, 6.07) is 6.31. The largest absolute Gasteiger partial charge is 0.493 e. The van der Waals surface area contributed by atoms with E-state index in [-0.39, 0.29) is 29.4 Å². The molecule has 5 nitrogen and oxygen atoms in total. The molecule has 1 unspecified atom stereocenters. The molecule has 118 valence electrons. The fourth-order valence-corrected chi connectivity index (χ4v) is 4.43. The van der Waals surface area contributed by atoms with Gasteiger partial charge in [-0.15, -0.1) is 0 Å². The molecule has 1 aromatic carbocycles. The zero-order chi connectivity index (χ0) is 15.5. The predicted octanol–water partition coefficient (Wildman–Crippen LogP) is 1.39. The Bertz CT molecular complexity index is 631. The third kappa shape index (κ3) is 1.69. The summed E-state index contributed by atoms with van der Waals surface area (Å²) in [4.78, 5) is 14.4. The van der Waals surface area contributed by atoms with E-state index in [0.717, 1.165) is 24.5 Å². The quantitative estimate of drug-likeness (QED) is 0.790. The van der Waals surface area contributed by atoms with Crippen molar-refractivity contribution < 1.29 is 19.0 Å². The van der Waals surface area contributed by atoms with Crippen molar-refractivity contribution in [3.8, 4) is 11.5 Å². The van der Waals surface area contributed by atoms with Crippen molar-refractivity contribution in [1.82, 2.24) is 4.90 Å². The van der Waals surface area contributed by atoms with Crippen LogP contribution >= 0.6 is 0 Å². The molecule has 1 aromatic rings. The van der Waals surface area contributed by atoms with E-state index in [1.807, 2.05) is 6.07 Å². The SMILES string of the molecule is COc1ccc([C@@]23CCN(C)C2CC(=O)[C@@H]2O[C@@H]23)cc1OC. The number of Topliss-reactive ketones (excluding diaryl/α,β-unsaturated/α-hetero) is 1. The molecule has 4 atom stereocenters. The van der Waals surface area contributed by atoms with Crippen molar-refractivity contribution >= 4 is 5.78 Å². The van der Waals surface area contributed by atoms with E-state index in [9.17, 15) is 4.79 Å². The van der Waals surface area contributed by atoms with E-state index in [1.54, 1.807) is 14.2 Å². The molecule has 22 heavy (non-hydrogen) atoms. The van der Waals surface area contributed by atoms with Gasteiger partial charge >= 0.3 is 0 Å². The number of ether oxygens (including phenoxy) is 3. The van der Waals surface area contributed by atoms with Gasteiger partial charge in [0.25, 0.3) is 0 Å². The molecule has 2 heterocycles. The first-order chi connectivity index (χ1) is 10.6. The number of rotatable bonds is 3. The number of hydrogen-bond acceptors (Lipinski definition) is 5. The average molecular weight is 303 g/mol. The van der Waals surface area contributed by atoms with Crippen molar-refractivity contribution in [2.75, 3.05) is 27.8 Å². The Kier molecular flexibility index (Phi) is 3.00. The Morgan fingerprint density at radius 2 is 2.05 bits per heavy atom. The maximum absolute atomic E-state index is 12.1. The molecule has 2 saturated heterocycles. The van der Waals surface area contributed by atoms with Crippen molar-refractivity contribution in [2.24, 2.45) is 0 Å². The number of carbonyl (C=O) groups excluding carboxylic acids is 1. The normalized spacial score (nSPS) is 36.7. The lowest BCUT2D eigenvalue weighted by atomic mass is 9.65. The first-order valence-corrected chi connectivity index (χ1v) is 7.72. The van der Waals surface area contributed by atoms with Crippen LogP contribution in [0.2, 0.25) is 0 Å². The molecule has 0 radical (unpaired) electrons. The minimum atomic E-state index is -0.198. The summed E-state index contributed by atoms with van der Waals surface area (Å²) in [6.45, 7) is 0.985. The zero-order valence-corrected chi connectivity index (χ0v) is 13.2. The first-order valence-electron chi connectivity index (χ1n) is 7.72. The van der Waals surface area contributed by atoms with Gasteiger partial charge in [0.2, 0.25) is 0 Å². The van der Waals surface area contributed by atoms with Gasteiger partial charge in [0, 0.05) is 17.9 Å². The summed E-state index contributed by atoms with van der Waals surface area (Å²) in [6.07, 6.45) is 1.40. The van der Waals surface area contributed by atoms with Crippen molar-refractivity contribution in [1.29, 1.82) is 0 Å². The molecule has 1 aliphatic carbocycles. The van der Waals surface area contributed by atoms with Crippen LogP contribution in [-0.4, -0.2) is 56.7 Å². The number of likely N-dealkylation sites (tertiary alicyclic amines) is 1. The van der Waals surface area contributed by atoms with Crippen molar-refractivity contribution in [2.45, 2.75) is 36.5 Å². The number of ketones is 1. The van der Waals surface area contributed by atoms with E-state index in [2.05, 4.69) is 24.1 Å². The molecule has 0 spiro atoms. The Labute approximate surface area is 130 Å². The van der Waals surface area contributed by atoms with Crippen LogP contribution in [0.15, 0.2) is 18.2 Å². The van der Waals surface area contributed by atoms with Gasteiger partial charge in [-0.1, -0.05) is 6.07 Å². The Morgan fingerprint density at radius 3 is 2.77 bits per heavy atom. The van der Waals surface area contributed by atoms with Crippen molar-refractivity contribution in [3.05, 3.63) is 23.8 Å². The smallest absolute Gasteiger partial charge is 0.165 e. The molecule has 3 fully saturated rings. The second-order valence-electron chi connectivity index (χ2n) is 6.50. The molecule has 5 heteroatoms. The molecular formula is C17H21NO4. The van der Waals surface area contributed by atoms with E-state index in [1.165, 1.54) is 5.56 Å². The molecule has 0 amide bonds. The lowest BCUT2D eigenvalue weighted by Gasteiger charge is -2.39. The van der Waals surface area contributed by atoms with Crippen LogP contribution in [-0.2, 0) is 14.9 Å². The number of epoxide rings is 1. The van der Waals surface area contributed by atoms with Crippen molar-refractivity contribution in [3.63, 3.8) is 0 Å². The molecule has 4 rings (SSSR count). The minimum Gasteiger partial charge on any atom is -0.493 e. The Morgan fingerprint density at radius 1 is 1.27 bits per heavy atom. The van der Waals surface area contributed by atoms with Gasteiger partial charge in [0.1, 0.15) is 12.2 Å². The van der Waals surface area contributed by atoms with Crippen LogP contribution in [0.5, 0.6) is 11.5 Å². The summed E-state index contributed by atoms with van der Waals surface area (Å²) in [5, 5.41) is 0. The van der Waals surface area contributed by atoms with Crippen LogP contribution in [0.4, 0.5) is 0 Å². The average Bonchev–Trinajstić information content (AvgIpc) is 3.29. The summed E-state index contributed by atoms with van der Waals surface area (Å²) in [5.41, 5.74) is 1.09. The molecular weight excluding hydrogens is 282 g/mol. The minimum absolute atomic E-state index is 0.0156. The van der Waals surface area contributed by atoms with Crippen LogP contribution in [0, 0.1) is 0 Å². The molecule has 0 bridgehead atoms. The van der Waals surface area contributed by atoms with Gasteiger partial charge in [0.15, 0.2) is 17.3 Å². The summed E-state index contributed by atoms with van der Waals surface area (Å²) >= 11 is 0. The van der Waals surface area contributed by atoms with E-state index in [4.69, 9.17) is 14.2 Å². The standard InChI is InChI=1S/C17H21NO4/c1-18-7-6-17(14(18)9-11(19)15-16(17)22-15)10-4-5-12(20-2)13(8-10)21-3/h4-5,8,14-16H,6-7,9H2,1-3H3/t14?,15-,16-,17-/m0/s1. The second-order valence-corrected chi connectivity index (χ2v) is 6.50. The summed E-state index contributed by atoms with van der Waals surface area (Å²) in [5.74, 6) is 1.71. The number of hydrogen-bond donors (Lipinski definition) is 0. The van der Waals surface area contributed by atoms with E-state index >= 15 is 0 Å². The fraction of sp³-hybridized carbons (Fsp3) is 0.588. The van der Waals surface area contributed by atoms with E-state index in [0.29, 0.717) is 6.42 Å². The lowest BCUT2D eigenvalue weighted by molar-refractivity contribution is -0.122. The third-order valence-corrected chi connectivity index (χ3v) is 5.64. The highest BCUT2D eigenvalue weighted by Crippen LogP contribution is 2.56. The maximum atomic E-state index is 12.1. The fourth-order valence-electron chi connectivity index (χ4n) is 4.43. The number of nitrogens with zero attached hydrogens (tertiary/aromatic N) is 1. The zero-order valence-electron chi connectivity index (χ0n) is 13.2. The number of fused-ring (bicyclic) bond motifs is 3. The number of benzene rings is 1. The van der Waals surface area contributed by atoms with Gasteiger partial charge in [0.05, 0.1) is 14.2 Å². The van der Waals surface area contributed by atoms with Gasteiger partial charge in [-0.25, -0.2) is 0 Å². The number of methoxy groups -OCH3 is 2. The second kappa shape index (κ2) is 4.70. The molecule has 2 aliphatic heterocycles. The van der Waals surface area contributed by atoms with Gasteiger partial charge in [-0.05, 0) is 37.7 Å². The molecule has 1 saturated carbocycles. The number of carbonyl (C=O) groups is 1. The first kappa shape index (κ1) is 14.0. The number of likely N-dealkylation sites (N-methyl/N-ethyl adjacent to an activating group) is 1. The Balaban J connectivity index is 1.81. The highest BCUT2D eigenvalue weighted by atomic mass is 16.6. The molecule has 0 aromatic heterocycles. The van der Waals surface area contributed by atoms with Gasteiger partial charge in [-0.2, -0.15) is 0 Å².